The Hall–Kier alpha value is -2.48. The summed E-state index contributed by atoms with van der Waals surface area (Å²) in [6.07, 6.45) is 2.30. The van der Waals surface area contributed by atoms with Gasteiger partial charge in [-0.1, -0.05) is 23.5 Å². The number of hydrogen-bond acceptors (Lipinski definition) is 7. The van der Waals surface area contributed by atoms with Crippen molar-refractivity contribution in [1.82, 2.24) is 10.2 Å². The number of hydrogen-bond donors (Lipinski definition) is 1. The van der Waals surface area contributed by atoms with Crippen LogP contribution in [0.4, 0.5) is 10.8 Å². The van der Waals surface area contributed by atoms with Crippen molar-refractivity contribution in [2.24, 2.45) is 0 Å². The van der Waals surface area contributed by atoms with Crippen LogP contribution in [0.5, 0.6) is 5.75 Å². The Labute approximate surface area is 136 Å². The van der Waals surface area contributed by atoms with E-state index in [1.807, 2.05) is 12.1 Å². The Bertz CT molecular complexity index is 772. The number of esters is 1. The second kappa shape index (κ2) is 5.62. The number of carbonyl (C=O) groups excluding carboxylic acids is 2. The van der Waals surface area contributed by atoms with E-state index in [0.29, 0.717) is 16.8 Å². The number of para-hydroxylation sites is 2. The van der Waals surface area contributed by atoms with Gasteiger partial charge in [-0.3, -0.25) is 10.1 Å². The minimum absolute atomic E-state index is 0.0495. The van der Waals surface area contributed by atoms with Crippen molar-refractivity contribution in [2.45, 2.75) is 18.8 Å². The SMILES string of the molecule is O=C(CN1CC(=O)Oc2ccccc21)Nc1nnc(C2CC2)s1. The minimum atomic E-state index is -0.372. The van der Waals surface area contributed by atoms with Gasteiger partial charge < -0.3 is 9.64 Å². The van der Waals surface area contributed by atoms with Crippen LogP contribution in [0.3, 0.4) is 0 Å². The third-order valence-corrected chi connectivity index (χ3v) is 4.70. The van der Waals surface area contributed by atoms with Crippen LogP contribution in [0, 0.1) is 0 Å². The van der Waals surface area contributed by atoms with E-state index >= 15 is 0 Å². The summed E-state index contributed by atoms with van der Waals surface area (Å²) in [5, 5.41) is 12.3. The van der Waals surface area contributed by atoms with Crippen LogP contribution >= 0.6 is 11.3 Å². The van der Waals surface area contributed by atoms with Crippen LogP contribution in [-0.4, -0.2) is 35.2 Å². The first-order valence-electron chi connectivity index (χ1n) is 7.37. The van der Waals surface area contributed by atoms with Crippen molar-refractivity contribution in [2.75, 3.05) is 23.3 Å². The molecule has 0 bridgehead atoms. The Morgan fingerprint density at radius 3 is 3.00 bits per heavy atom. The molecule has 0 radical (unpaired) electrons. The van der Waals surface area contributed by atoms with Crippen LogP contribution in [0.2, 0.25) is 0 Å². The molecule has 1 aromatic carbocycles. The van der Waals surface area contributed by atoms with Crippen molar-refractivity contribution in [3.63, 3.8) is 0 Å². The summed E-state index contributed by atoms with van der Waals surface area (Å²) >= 11 is 1.42. The molecule has 1 amide bonds. The number of rotatable bonds is 4. The molecule has 0 saturated heterocycles. The highest BCUT2D eigenvalue weighted by atomic mass is 32.1. The van der Waals surface area contributed by atoms with Gasteiger partial charge in [0.1, 0.15) is 11.6 Å². The summed E-state index contributed by atoms with van der Waals surface area (Å²) in [5.74, 6) is 0.391. The fraction of sp³-hybridized carbons (Fsp3) is 0.333. The Kier molecular flexibility index (Phi) is 3.45. The number of ether oxygens (including phenoxy) is 1. The molecule has 1 fully saturated rings. The van der Waals surface area contributed by atoms with Gasteiger partial charge in [0.2, 0.25) is 11.0 Å². The lowest BCUT2D eigenvalue weighted by atomic mass is 10.2. The topological polar surface area (TPSA) is 84.4 Å². The van der Waals surface area contributed by atoms with E-state index in [0.717, 1.165) is 23.5 Å². The fourth-order valence-corrected chi connectivity index (χ4v) is 3.38. The second-order valence-electron chi connectivity index (χ2n) is 5.57. The van der Waals surface area contributed by atoms with E-state index < -0.39 is 0 Å². The fourth-order valence-electron chi connectivity index (χ4n) is 2.45. The first-order valence-corrected chi connectivity index (χ1v) is 8.18. The first kappa shape index (κ1) is 14.1. The van der Waals surface area contributed by atoms with E-state index in [2.05, 4.69) is 15.5 Å². The molecule has 4 rings (SSSR count). The van der Waals surface area contributed by atoms with Gasteiger partial charge in [-0.2, -0.15) is 0 Å². The molecule has 1 aliphatic carbocycles. The van der Waals surface area contributed by atoms with E-state index in [1.54, 1.807) is 17.0 Å². The van der Waals surface area contributed by atoms with Gasteiger partial charge in [0.05, 0.1) is 12.2 Å². The molecule has 1 aliphatic heterocycles. The molecular formula is C15H14N4O3S. The van der Waals surface area contributed by atoms with E-state index in [4.69, 9.17) is 4.74 Å². The first-order chi connectivity index (χ1) is 11.2. The number of nitrogens with zero attached hydrogens (tertiary/aromatic N) is 3. The maximum atomic E-state index is 12.2. The Morgan fingerprint density at radius 2 is 2.17 bits per heavy atom. The minimum Gasteiger partial charge on any atom is -0.423 e. The summed E-state index contributed by atoms with van der Waals surface area (Å²) in [6, 6.07) is 7.17. The van der Waals surface area contributed by atoms with Crippen molar-refractivity contribution in [3.8, 4) is 5.75 Å². The number of anilines is 2. The zero-order valence-electron chi connectivity index (χ0n) is 12.2. The molecule has 0 atom stereocenters. The van der Waals surface area contributed by atoms with Gasteiger partial charge >= 0.3 is 5.97 Å². The quantitative estimate of drug-likeness (QED) is 0.679. The molecule has 2 aromatic rings. The van der Waals surface area contributed by atoms with Crippen molar-refractivity contribution in [3.05, 3.63) is 29.3 Å². The van der Waals surface area contributed by atoms with Gasteiger partial charge in [-0.05, 0) is 25.0 Å². The van der Waals surface area contributed by atoms with Gasteiger partial charge in [0, 0.05) is 5.92 Å². The zero-order valence-corrected chi connectivity index (χ0v) is 13.0. The maximum absolute atomic E-state index is 12.2. The highest BCUT2D eigenvalue weighted by Crippen LogP contribution is 2.42. The third kappa shape index (κ3) is 3.02. The average molecular weight is 330 g/mol. The second-order valence-corrected chi connectivity index (χ2v) is 6.57. The molecule has 1 aromatic heterocycles. The normalized spacial score (nSPS) is 16.7. The number of fused-ring (bicyclic) bond motifs is 1. The van der Waals surface area contributed by atoms with Gasteiger partial charge in [0.15, 0.2) is 5.75 Å². The molecule has 8 heteroatoms. The smallest absolute Gasteiger partial charge is 0.331 e. The molecule has 1 saturated carbocycles. The van der Waals surface area contributed by atoms with Crippen molar-refractivity contribution < 1.29 is 14.3 Å². The largest absolute Gasteiger partial charge is 0.423 e. The highest BCUT2D eigenvalue weighted by molar-refractivity contribution is 7.15. The third-order valence-electron chi connectivity index (χ3n) is 3.70. The van der Waals surface area contributed by atoms with Crippen LogP contribution in [0.25, 0.3) is 0 Å². The predicted molar refractivity (Wildman–Crippen MR) is 84.8 cm³/mol. The summed E-state index contributed by atoms with van der Waals surface area (Å²) in [7, 11) is 0. The molecule has 2 heterocycles. The number of nitrogens with one attached hydrogen (secondary N) is 1. The van der Waals surface area contributed by atoms with Crippen LogP contribution in [-0.2, 0) is 9.59 Å². The van der Waals surface area contributed by atoms with Crippen molar-refractivity contribution >= 4 is 34.0 Å². The highest BCUT2D eigenvalue weighted by Gasteiger charge is 2.28. The summed E-state index contributed by atoms with van der Waals surface area (Å²) in [4.78, 5) is 25.6. The van der Waals surface area contributed by atoms with Crippen LogP contribution < -0.4 is 15.0 Å². The number of benzene rings is 1. The molecular weight excluding hydrogens is 316 g/mol. The maximum Gasteiger partial charge on any atom is 0.331 e. The van der Waals surface area contributed by atoms with Gasteiger partial charge in [-0.15, -0.1) is 10.2 Å². The van der Waals surface area contributed by atoms with E-state index in [-0.39, 0.29) is 25.0 Å². The molecule has 2 aliphatic rings. The molecule has 1 N–H and O–H groups in total. The van der Waals surface area contributed by atoms with E-state index in [9.17, 15) is 9.59 Å². The number of aromatic nitrogens is 2. The summed E-state index contributed by atoms with van der Waals surface area (Å²) in [5.41, 5.74) is 0.734. The monoisotopic (exact) mass is 330 g/mol. The molecule has 23 heavy (non-hydrogen) atoms. The predicted octanol–water partition coefficient (Wildman–Crippen LogP) is 1.78. The zero-order chi connectivity index (χ0) is 15.8. The lowest BCUT2D eigenvalue weighted by molar-refractivity contribution is -0.133. The van der Waals surface area contributed by atoms with Gasteiger partial charge in [0.25, 0.3) is 0 Å². The number of carbonyl (C=O) groups is 2. The lowest BCUT2D eigenvalue weighted by Crippen LogP contribution is -2.41. The Morgan fingerprint density at radius 1 is 1.35 bits per heavy atom. The number of amides is 1. The Balaban J connectivity index is 1.44. The summed E-state index contributed by atoms with van der Waals surface area (Å²) < 4.78 is 5.17. The molecule has 7 nitrogen and oxygen atoms in total. The molecule has 0 spiro atoms. The average Bonchev–Trinajstić information content (AvgIpc) is 3.27. The van der Waals surface area contributed by atoms with Crippen molar-refractivity contribution in [1.29, 1.82) is 0 Å². The van der Waals surface area contributed by atoms with Crippen LogP contribution in [0.15, 0.2) is 24.3 Å². The van der Waals surface area contributed by atoms with Crippen LogP contribution in [0.1, 0.15) is 23.8 Å². The van der Waals surface area contributed by atoms with Gasteiger partial charge in [-0.25, -0.2) is 4.79 Å². The molecule has 0 unspecified atom stereocenters. The molecule has 118 valence electrons. The lowest BCUT2D eigenvalue weighted by Gasteiger charge is -2.28. The standard InChI is InChI=1S/C15H14N4O3S/c20-12(16-15-18-17-14(23-15)9-5-6-9)7-19-8-13(21)22-11-4-2-1-3-10(11)19/h1-4,9H,5-8H2,(H,16,18,20). The van der Waals surface area contributed by atoms with E-state index in [1.165, 1.54) is 11.3 Å². The summed E-state index contributed by atoms with van der Waals surface area (Å²) in [6.45, 7) is 0.109.